The number of rotatable bonds is 2. The van der Waals surface area contributed by atoms with Crippen LogP contribution >= 0.6 is 22.6 Å². The summed E-state index contributed by atoms with van der Waals surface area (Å²) in [7, 11) is 1.45. The summed E-state index contributed by atoms with van der Waals surface area (Å²) in [4.78, 5) is 11.6. The van der Waals surface area contributed by atoms with Gasteiger partial charge in [-0.3, -0.25) is 4.79 Å². The zero-order valence-electron chi connectivity index (χ0n) is 9.07. The van der Waals surface area contributed by atoms with Crippen LogP contribution in [-0.4, -0.2) is 26.2 Å². The maximum atomic E-state index is 11.6. The molecular formula is C12H14INO2. The molecule has 1 aliphatic rings. The van der Waals surface area contributed by atoms with Gasteiger partial charge in [-0.05, 0) is 34.2 Å². The van der Waals surface area contributed by atoms with E-state index in [1.807, 2.05) is 12.1 Å². The molecule has 0 radical (unpaired) electrons. The van der Waals surface area contributed by atoms with Gasteiger partial charge in [0.2, 0.25) is 0 Å². The summed E-state index contributed by atoms with van der Waals surface area (Å²) in [5.74, 6) is 0.0659. The van der Waals surface area contributed by atoms with Crippen LogP contribution < -0.4 is 5.32 Å². The molecule has 1 heterocycles. The predicted molar refractivity (Wildman–Crippen MR) is 70.3 cm³/mol. The van der Waals surface area contributed by atoms with Crippen LogP contribution in [0.4, 0.5) is 0 Å². The van der Waals surface area contributed by atoms with E-state index in [0.29, 0.717) is 6.54 Å². The van der Waals surface area contributed by atoms with Gasteiger partial charge in [0.1, 0.15) is 0 Å². The van der Waals surface area contributed by atoms with Crippen molar-refractivity contribution in [3.05, 3.63) is 33.4 Å². The molecule has 0 saturated carbocycles. The fraction of sp³-hybridized carbons (Fsp3) is 0.417. The van der Waals surface area contributed by atoms with Crippen molar-refractivity contribution in [1.29, 1.82) is 0 Å². The molecule has 1 saturated heterocycles. The van der Waals surface area contributed by atoms with Crippen LogP contribution in [0.5, 0.6) is 0 Å². The number of benzene rings is 1. The number of halogens is 1. The first-order valence-corrected chi connectivity index (χ1v) is 6.35. The molecule has 3 nitrogen and oxygen atoms in total. The number of ether oxygens (including phenoxy) is 1. The normalized spacial score (nSPS) is 24.4. The van der Waals surface area contributed by atoms with Crippen molar-refractivity contribution in [2.75, 3.05) is 20.2 Å². The van der Waals surface area contributed by atoms with Crippen LogP contribution in [0.15, 0.2) is 24.3 Å². The Morgan fingerprint density at radius 3 is 2.88 bits per heavy atom. The highest BCUT2D eigenvalue weighted by atomic mass is 127. The van der Waals surface area contributed by atoms with E-state index < -0.39 is 0 Å². The van der Waals surface area contributed by atoms with Gasteiger partial charge in [0.25, 0.3) is 0 Å². The third-order valence-corrected chi connectivity index (χ3v) is 4.01. The molecule has 0 spiro atoms. The third-order valence-electron chi connectivity index (χ3n) is 3.02. The minimum Gasteiger partial charge on any atom is -0.469 e. The van der Waals surface area contributed by atoms with Crippen molar-refractivity contribution in [3.8, 4) is 0 Å². The van der Waals surface area contributed by atoms with E-state index >= 15 is 0 Å². The molecule has 0 bridgehead atoms. The van der Waals surface area contributed by atoms with Crippen LogP contribution in [-0.2, 0) is 9.53 Å². The fourth-order valence-electron chi connectivity index (χ4n) is 2.18. The van der Waals surface area contributed by atoms with E-state index in [1.165, 1.54) is 16.2 Å². The van der Waals surface area contributed by atoms with Crippen LogP contribution in [0.3, 0.4) is 0 Å². The molecule has 2 rings (SSSR count). The summed E-state index contributed by atoms with van der Waals surface area (Å²) in [6.07, 6.45) is 0. The van der Waals surface area contributed by atoms with Crippen LogP contribution in [0.2, 0.25) is 0 Å². The monoisotopic (exact) mass is 331 g/mol. The largest absolute Gasteiger partial charge is 0.469 e. The minimum absolute atomic E-state index is 0.0547. The highest BCUT2D eigenvalue weighted by Gasteiger charge is 2.35. The van der Waals surface area contributed by atoms with Gasteiger partial charge in [-0.2, -0.15) is 0 Å². The van der Waals surface area contributed by atoms with Crippen molar-refractivity contribution < 1.29 is 9.53 Å². The number of methoxy groups -OCH3 is 1. The van der Waals surface area contributed by atoms with Crippen LogP contribution in [0.25, 0.3) is 0 Å². The first-order valence-electron chi connectivity index (χ1n) is 5.27. The molecule has 1 aromatic rings. The van der Waals surface area contributed by atoms with Gasteiger partial charge >= 0.3 is 5.97 Å². The Morgan fingerprint density at radius 1 is 1.44 bits per heavy atom. The average molecular weight is 331 g/mol. The lowest BCUT2D eigenvalue weighted by Crippen LogP contribution is -2.23. The van der Waals surface area contributed by atoms with E-state index in [-0.39, 0.29) is 17.8 Å². The second-order valence-corrected chi connectivity index (χ2v) is 5.08. The second-order valence-electron chi connectivity index (χ2n) is 3.92. The number of carbonyl (C=O) groups is 1. The van der Waals surface area contributed by atoms with Gasteiger partial charge in [0.05, 0.1) is 13.0 Å². The van der Waals surface area contributed by atoms with E-state index in [0.717, 1.165) is 6.54 Å². The summed E-state index contributed by atoms with van der Waals surface area (Å²) < 4.78 is 6.06. The smallest absolute Gasteiger partial charge is 0.310 e. The van der Waals surface area contributed by atoms with Crippen LogP contribution in [0, 0.1) is 9.49 Å². The topological polar surface area (TPSA) is 38.3 Å². The summed E-state index contributed by atoms with van der Waals surface area (Å²) >= 11 is 2.32. The SMILES string of the molecule is COC(=O)C1CNCC1c1ccccc1I. The highest BCUT2D eigenvalue weighted by molar-refractivity contribution is 14.1. The van der Waals surface area contributed by atoms with Crippen molar-refractivity contribution in [1.82, 2.24) is 5.32 Å². The molecule has 16 heavy (non-hydrogen) atoms. The first kappa shape index (κ1) is 11.9. The fourth-order valence-corrected chi connectivity index (χ4v) is 2.97. The Kier molecular flexibility index (Phi) is 3.81. The molecule has 2 unspecified atom stereocenters. The van der Waals surface area contributed by atoms with E-state index in [9.17, 15) is 4.79 Å². The number of hydrogen-bond acceptors (Lipinski definition) is 3. The molecule has 0 aromatic heterocycles. The Labute approximate surface area is 109 Å². The van der Waals surface area contributed by atoms with E-state index in [1.54, 1.807) is 0 Å². The van der Waals surface area contributed by atoms with Gasteiger partial charge < -0.3 is 10.1 Å². The maximum absolute atomic E-state index is 11.6. The second kappa shape index (κ2) is 5.14. The lowest BCUT2D eigenvalue weighted by atomic mass is 9.89. The molecule has 1 aromatic carbocycles. The van der Waals surface area contributed by atoms with Gasteiger partial charge in [-0.25, -0.2) is 0 Å². The zero-order chi connectivity index (χ0) is 11.5. The molecule has 86 valence electrons. The van der Waals surface area contributed by atoms with E-state index in [2.05, 4.69) is 40.0 Å². The molecule has 4 heteroatoms. The number of carbonyl (C=O) groups excluding carboxylic acids is 1. The summed E-state index contributed by atoms with van der Waals surface area (Å²) in [6, 6.07) is 8.20. The van der Waals surface area contributed by atoms with Crippen LogP contribution in [0.1, 0.15) is 11.5 Å². The molecule has 0 amide bonds. The average Bonchev–Trinajstić information content (AvgIpc) is 2.77. The Hall–Kier alpha value is -0.620. The summed E-state index contributed by atoms with van der Waals surface area (Å²) in [5, 5.41) is 3.26. The summed E-state index contributed by atoms with van der Waals surface area (Å²) in [5.41, 5.74) is 1.24. The van der Waals surface area contributed by atoms with Crippen molar-refractivity contribution >= 4 is 28.6 Å². The first-order chi connectivity index (χ1) is 7.74. The molecule has 1 fully saturated rings. The zero-order valence-corrected chi connectivity index (χ0v) is 11.2. The quantitative estimate of drug-likeness (QED) is 0.663. The Balaban J connectivity index is 2.27. The lowest BCUT2D eigenvalue weighted by Gasteiger charge is -2.17. The minimum atomic E-state index is -0.116. The van der Waals surface area contributed by atoms with Crippen molar-refractivity contribution in [2.45, 2.75) is 5.92 Å². The lowest BCUT2D eigenvalue weighted by molar-refractivity contribution is -0.145. The molecule has 1 aliphatic heterocycles. The Morgan fingerprint density at radius 2 is 2.19 bits per heavy atom. The Bertz CT molecular complexity index is 394. The molecule has 1 N–H and O–H groups in total. The number of hydrogen-bond donors (Lipinski definition) is 1. The number of esters is 1. The van der Waals surface area contributed by atoms with Crippen molar-refractivity contribution in [3.63, 3.8) is 0 Å². The van der Waals surface area contributed by atoms with E-state index in [4.69, 9.17) is 4.74 Å². The number of nitrogens with one attached hydrogen (secondary N) is 1. The highest BCUT2D eigenvalue weighted by Crippen LogP contribution is 2.31. The predicted octanol–water partition coefficient (Wildman–Crippen LogP) is 1.77. The third kappa shape index (κ3) is 2.22. The van der Waals surface area contributed by atoms with Gasteiger partial charge in [-0.1, -0.05) is 18.2 Å². The van der Waals surface area contributed by atoms with Gasteiger partial charge in [0, 0.05) is 22.6 Å². The van der Waals surface area contributed by atoms with Gasteiger partial charge in [0.15, 0.2) is 0 Å². The standard InChI is InChI=1S/C12H14INO2/c1-16-12(15)10-7-14-6-9(10)8-4-2-3-5-11(8)13/h2-5,9-10,14H,6-7H2,1H3. The molecule has 2 atom stereocenters. The summed E-state index contributed by atoms with van der Waals surface area (Å²) in [6.45, 7) is 1.56. The molecular weight excluding hydrogens is 317 g/mol. The van der Waals surface area contributed by atoms with Gasteiger partial charge in [-0.15, -0.1) is 0 Å². The molecule has 0 aliphatic carbocycles. The van der Waals surface area contributed by atoms with Crippen molar-refractivity contribution in [2.24, 2.45) is 5.92 Å². The maximum Gasteiger partial charge on any atom is 0.310 e.